The standard InChI is InChI=1S/C27H32N2O2/c1-17-14-21-22(27(5,6)13-12-26(21,3)4)16-19(17)15-20-10-11-23(31-20)25(30)29-24-9-7-8-18(2)28-24/h7-11,14,16H,12-13,15H2,1-6H3,(H,28,29,30). The van der Waals surface area contributed by atoms with Gasteiger partial charge in [0.05, 0.1) is 0 Å². The van der Waals surface area contributed by atoms with Crippen molar-refractivity contribution >= 4 is 11.7 Å². The second-order valence-corrected chi connectivity index (χ2v) is 10.2. The van der Waals surface area contributed by atoms with Gasteiger partial charge in [-0.15, -0.1) is 0 Å². The molecule has 0 atom stereocenters. The molecule has 2 aromatic heterocycles. The number of carbonyl (C=O) groups excluding carboxylic acids is 1. The van der Waals surface area contributed by atoms with Crippen LogP contribution in [0.4, 0.5) is 5.82 Å². The van der Waals surface area contributed by atoms with Crippen LogP contribution in [0.1, 0.15) is 84.8 Å². The molecule has 0 bridgehead atoms. The number of benzene rings is 1. The van der Waals surface area contributed by atoms with Gasteiger partial charge in [-0.3, -0.25) is 4.79 Å². The number of pyridine rings is 1. The number of aryl methyl sites for hydroxylation is 2. The van der Waals surface area contributed by atoms with Crippen LogP contribution in [0.3, 0.4) is 0 Å². The monoisotopic (exact) mass is 416 g/mol. The number of nitrogens with one attached hydrogen (secondary N) is 1. The van der Waals surface area contributed by atoms with Crippen LogP contribution in [0.25, 0.3) is 0 Å². The molecule has 0 saturated carbocycles. The molecule has 0 radical (unpaired) electrons. The molecule has 1 aliphatic carbocycles. The van der Waals surface area contributed by atoms with Gasteiger partial charge in [-0.1, -0.05) is 45.9 Å². The molecule has 0 aliphatic heterocycles. The Balaban J connectivity index is 1.57. The second kappa shape index (κ2) is 7.67. The average Bonchev–Trinajstić information content (AvgIpc) is 3.16. The first kappa shape index (κ1) is 21.4. The predicted molar refractivity (Wildman–Crippen MR) is 125 cm³/mol. The third-order valence-electron chi connectivity index (χ3n) is 6.69. The number of hydrogen-bond donors (Lipinski definition) is 1. The van der Waals surface area contributed by atoms with E-state index >= 15 is 0 Å². The fourth-order valence-electron chi connectivity index (χ4n) is 4.53. The summed E-state index contributed by atoms with van der Waals surface area (Å²) in [5, 5.41) is 2.80. The summed E-state index contributed by atoms with van der Waals surface area (Å²) in [4.78, 5) is 16.9. The lowest BCUT2D eigenvalue weighted by Gasteiger charge is -2.42. The van der Waals surface area contributed by atoms with E-state index in [4.69, 9.17) is 4.42 Å². The molecular formula is C27H32N2O2. The summed E-state index contributed by atoms with van der Waals surface area (Å²) in [6.07, 6.45) is 3.07. The van der Waals surface area contributed by atoms with Gasteiger partial charge in [-0.05, 0) is 84.0 Å². The lowest BCUT2D eigenvalue weighted by molar-refractivity contribution is 0.0994. The molecule has 3 aromatic rings. The van der Waals surface area contributed by atoms with Gasteiger partial charge in [0.15, 0.2) is 5.76 Å². The predicted octanol–water partition coefficient (Wildman–Crippen LogP) is 6.48. The molecule has 0 fully saturated rings. The van der Waals surface area contributed by atoms with Crippen molar-refractivity contribution in [2.45, 2.75) is 71.6 Å². The number of hydrogen-bond acceptors (Lipinski definition) is 3. The van der Waals surface area contributed by atoms with Crippen molar-refractivity contribution in [3.05, 3.63) is 81.9 Å². The van der Waals surface area contributed by atoms with Crippen molar-refractivity contribution < 1.29 is 9.21 Å². The van der Waals surface area contributed by atoms with E-state index in [0.29, 0.717) is 18.0 Å². The van der Waals surface area contributed by atoms with Crippen molar-refractivity contribution in [1.82, 2.24) is 4.98 Å². The first-order valence-corrected chi connectivity index (χ1v) is 11.0. The number of carbonyl (C=O) groups is 1. The van der Waals surface area contributed by atoms with Gasteiger partial charge in [0.25, 0.3) is 5.91 Å². The third kappa shape index (κ3) is 4.30. The summed E-state index contributed by atoms with van der Waals surface area (Å²) in [6, 6.07) is 13.9. The van der Waals surface area contributed by atoms with Crippen LogP contribution in [0.15, 0.2) is 46.9 Å². The maximum atomic E-state index is 12.6. The van der Waals surface area contributed by atoms with Crippen LogP contribution >= 0.6 is 0 Å². The largest absolute Gasteiger partial charge is 0.456 e. The van der Waals surface area contributed by atoms with Crippen molar-refractivity contribution in [2.75, 3.05) is 5.32 Å². The Kier molecular flexibility index (Phi) is 5.28. The molecule has 2 heterocycles. The Morgan fingerprint density at radius 2 is 1.68 bits per heavy atom. The number of amides is 1. The number of rotatable bonds is 4. The molecule has 31 heavy (non-hydrogen) atoms. The number of fused-ring (bicyclic) bond motifs is 1. The first-order chi connectivity index (χ1) is 14.5. The summed E-state index contributed by atoms with van der Waals surface area (Å²) >= 11 is 0. The highest BCUT2D eigenvalue weighted by atomic mass is 16.3. The van der Waals surface area contributed by atoms with E-state index < -0.39 is 0 Å². The molecule has 4 heteroatoms. The molecule has 162 valence electrons. The van der Waals surface area contributed by atoms with Gasteiger partial charge in [-0.2, -0.15) is 0 Å². The highest BCUT2D eigenvalue weighted by Crippen LogP contribution is 2.46. The fourth-order valence-corrected chi connectivity index (χ4v) is 4.53. The van der Waals surface area contributed by atoms with Crippen molar-refractivity contribution in [1.29, 1.82) is 0 Å². The molecule has 0 spiro atoms. The summed E-state index contributed by atoms with van der Waals surface area (Å²) < 4.78 is 5.90. The fraction of sp³-hybridized carbons (Fsp3) is 0.407. The van der Waals surface area contributed by atoms with Crippen molar-refractivity contribution in [2.24, 2.45) is 0 Å². The van der Waals surface area contributed by atoms with E-state index in [9.17, 15) is 4.79 Å². The number of aromatic nitrogens is 1. The lowest BCUT2D eigenvalue weighted by atomic mass is 9.62. The quantitative estimate of drug-likeness (QED) is 0.529. The minimum atomic E-state index is -0.283. The zero-order valence-electron chi connectivity index (χ0n) is 19.4. The van der Waals surface area contributed by atoms with Gasteiger partial charge in [0.2, 0.25) is 0 Å². The van der Waals surface area contributed by atoms with E-state index in [-0.39, 0.29) is 16.7 Å². The van der Waals surface area contributed by atoms with Crippen LogP contribution in [-0.4, -0.2) is 10.9 Å². The van der Waals surface area contributed by atoms with Gasteiger partial charge < -0.3 is 9.73 Å². The van der Waals surface area contributed by atoms with E-state index in [1.165, 1.54) is 35.1 Å². The van der Waals surface area contributed by atoms with Gasteiger partial charge in [0.1, 0.15) is 11.6 Å². The molecule has 1 amide bonds. The molecule has 1 aliphatic rings. The summed E-state index contributed by atoms with van der Waals surface area (Å²) in [6.45, 7) is 13.4. The minimum absolute atomic E-state index is 0.169. The minimum Gasteiger partial charge on any atom is -0.456 e. The Labute approximate surface area is 185 Å². The zero-order chi connectivity index (χ0) is 22.4. The summed E-state index contributed by atoms with van der Waals surface area (Å²) in [7, 11) is 0. The van der Waals surface area contributed by atoms with Gasteiger partial charge in [0, 0.05) is 12.1 Å². The van der Waals surface area contributed by atoms with E-state index in [1.54, 1.807) is 12.1 Å². The normalized spacial score (nSPS) is 16.6. The Hall–Kier alpha value is -2.88. The summed E-state index contributed by atoms with van der Waals surface area (Å²) in [5.74, 6) is 1.33. The second-order valence-electron chi connectivity index (χ2n) is 10.2. The Morgan fingerprint density at radius 1 is 1.00 bits per heavy atom. The average molecular weight is 417 g/mol. The molecule has 4 nitrogen and oxygen atoms in total. The smallest absolute Gasteiger partial charge is 0.292 e. The Morgan fingerprint density at radius 3 is 2.35 bits per heavy atom. The molecule has 1 aromatic carbocycles. The first-order valence-electron chi connectivity index (χ1n) is 11.0. The van der Waals surface area contributed by atoms with Crippen molar-refractivity contribution in [3.8, 4) is 0 Å². The van der Waals surface area contributed by atoms with Crippen LogP contribution in [0.5, 0.6) is 0 Å². The molecule has 0 unspecified atom stereocenters. The lowest BCUT2D eigenvalue weighted by Crippen LogP contribution is -2.34. The molecule has 0 saturated heterocycles. The van der Waals surface area contributed by atoms with E-state index in [0.717, 1.165) is 11.5 Å². The Bertz CT molecular complexity index is 1140. The van der Waals surface area contributed by atoms with Crippen LogP contribution in [0.2, 0.25) is 0 Å². The molecule has 1 N–H and O–H groups in total. The maximum Gasteiger partial charge on any atom is 0.292 e. The van der Waals surface area contributed by atoms with Crippen LogP contribution < -0.4 is 5.32 Å². The van der Waals surface area contributed by atoms with Crippen LogP contribution in [-0.2, 0) is 17.3 Å². The number of anilines is 1. The van der Waals surface area contributed by atoms with Gasteiger partial charge in [-0.25, -0.2) is 4.98 Å². The highest BCUT2D eigenvalue weighted by molar-refractivity contribution is 6.01. The topological polar surface area (TPSA) is 55.1 Å². The summed E-state index contributed by atoms with van der Waals surface area (Å²) in [5.41, 5.74) is 6.67. The van der Waals surface area contributed by atoms with E-state index in [1.807, 2.05) is 25.1 Å². The number of nitrogens with zero attached hydrogens (tertiary/aromatic N) is 1. The third-order valence-corrected chi connectivity index (χ3v) is 6.69. The molecular weight excluding hydrogens is 384 g/mol. The molecule has 4 rings (SSSR count). The van der Waals surface area contributed by atoms with E-state index in [2.05, 4.69) is 57.1 Å². The zero-order valence-corrected chi connectivity index (χ0v) is 19.4. The maximum absolute atomic E-state index is 12.6. The highest BCUT2D eigenvalue weighted by Gasteiger charge is 2.37. The number of furan rings is 1. The van der Waals surface area contributed by atoms with Crippen LogP contribution in [0, 0.1) is 13.8 Å². The van der Waals surface area contributed by atoms with Gasteiger partial charge >= 0.3 is 0 Å². The SMILES string of the molecule is Cc1cccc(NC(=O)c2ccc(Cc3cc4c(cc3C)C(C)(C)CCC4(C)C)o2)n1. The van der Waals surface area contributed by atoms with Crippen molar-refractivity contribution in [3.63, 3.8) is 0 Å².